The molecule has 0 aliphatic rings. The predicted octanol–water partition coefficient (Wildman–Crippen LogP) is 2.73. The number of nitrogens with zero attached hydrogens (tertiary/aromatic N) is 1. The fraction of sp³-hybridized carbons (Fsp3) is 0.286. The molecule has 0 radical (unpaired) electrons. The number of sulfonamides is 1. The molecule has 1 unspecified atom stereocenters. The van der Waals surface area contributed by atoms with E-state index in [0.29, 0.717) is 0 Å². The number of aliphatic hydroxyl groups excluding tert-OH is 1. The molecule has 0 fully saturated rings. The molecule has 5 nitrogen and oxygen atoms in total. The van der Waals surface area contributed by atoms with Crippen LogP contribution in [0.15, 0.2) is 41.4 Å². The summed E-state index contributed by atoms with van der Waals surface area (Å²) >= 11 is 11.7. The quantitative estimate of drug-likeness (QED) is 0.829. The van der Waals surface area contributed by atoms with Gasteiger partial charge in [0.2, 0.25) is 10.0 Å². The maximum absolute atomic E-state index is 12.2. The van der Waals surface area contributed by atoms with Gasteiger partial charge in [0, 0.05) is 30.5 Å². The fourth-order valence-electron chi connectivity index (χ4n) is 2.06. The zero-order valence-electron chi connectivity index (χ0n) is 11.8. The van der Waals surface area contributed by atoms with E-state index in [4.69, 9.17) is 23.2 Å². The Morgan fingerprint density at radius 1 is 1.32 bits per heavy atom. The van der Waals surface area contributed by atoms with Gasteiger partial charge in [-0.3, -0.25) is 0 Å². The van der Waals surface area contributed by atoms with Crippen molar-refractivity contribution in [1.82, 2.24) is 9.29 Å². The second-order valence-electron chi connectivity index (χ2n) is 4.82. The number of benzene rings is 1. The van der Waals surface area contributed by atoms with Crippen molar-refractivity contribution in [2.45, 2.75) is 17.4 Å². The molecule has 1 atom stereocenters. The number of hydrogen-bond acceptors (Lipinski definition) is 3. The number of halogens is 2. The zero-order chi connectivity index (χ0) is 16.3. The SMILES string of the molecule is Cn1cccc1C(O)CCNS(=O)(=O)c1cc(Cl)ccc1Cl. The van der Waals surface area contributed by atoms with E-state index in [1.165, 1.54) is 18.2 Å². The van der Waals surface area contributed by atoms with E-state index in [2.05, 4.69) is 4.72 Å². The minimum Gasteiger partial charge on any atom is -0.387 e. The van der Waals surface area contributed by atoms with Crippen LogP contribution in [-0.4, -0.2) is 24.6 Å². The highest BCUT2D eigenvalue weighted by Crippen LogP contribution is 2.25. The molecule has 1 aromatic heterocycles. The summed E-state index contributed by atoms with van der Waals surface area (Å²) in [5.74, 6) is 0. The van der Waals surface area contributed by atoms with Gasteiger partial charge in [-0.15, -0.1) is 0 Å². The molecule has 0 amide bonds. The van der Waals surface area contributed by atoms with Gasteiger partial charge >= 0.3 is 0 Å². The summed E-state index contributed by atoms with van der Waals surface area (Å²) in [6.07, 6.45) is 1.31. The van der Waals surface area contributed by atoms with Gasteiger partial charge in [-0.25, -0.2) is 13.1 Å². The van der Waals surface area contributed by atoms with Crippen molar-refractivity contribution in [3.8, 4) is 0 Å². The van der Waals surface area contributed by atoms with Crippen LogP contribution in [0.2, 0.25) is 10.0 Å². The average molecular weight is 363 g/mol. The molecule has 0 bridgehead atoms. The normalized spacial score (nSPS) is 13.3. The minimum absolute atomic E-state index is 0.0741. The highest BCUT2D eigenvalue weighted by molar-refractivity contribution is 7.89. The summed E-state index contributed by atoms with van der Waals surface area (Å²) in [6.45, 7) is 0.0809. The van der Waals surface area contributed by atoms with Crippen LogP contribution in [0.3, 0.4) is 0 Å². The fourth-order valence-corrected chi connectivity index (χ4v) is 3.87. The van der Waals surface area contributed by atoms with Crippen LogP contribution >= 0.6 is 23.2 Å². The van der Waals surface area contributed by atoms with Gasteiger partial charge < -0.3 is 9.67 Å². The second kappa shape index (κ2) is 7.02. The van der Waals surface area contributed by atoms with Crippen LogP contribution in [0.4, 0.5) is 0 Å². The number of nitrogens with one attached hydrogen (secondary N) is 1. The number of aryl methyl sites for hydroxylation is 1. The zero-order valence-corrected chi connectivity index (χ0v) is 14.2. The van der Waals surface area contributed by atoms with E-state index in [0.717, 1.165) is 5.69 Å². The number of rotatable bonds is 6. The Bertz CT molecular complexity index is 759. The maximum atomic E-state index is 12.2. The lowest BCUT2D eigenvalue weighted by atomic mass is 10.2. The van der Waals surface area contributed by atoms with Gasteiger partial charge in [0.1, 0.15) is 4.90 Å². The molecule has 1 aromatic carbocycles. The number of hydrogen-bond donors (Lipinski definition) is 2. The highest BCUT2D eigenvalue weighted by Gasteiger charge is 2.19. The third-order valence-electron chi connectivity index (χ3n) is 3.22. The lowest BCUT2D eigenvalue weighted by Gasteiger charge is -2.13. The first-order valence-corrected chi connectivity index (χ1v) is 8.79. The Labute approximate surface area is 139 Å². The summed E-state index contributed by atoms with van der Waals surface area (Å²) in [7, 11) is -1.96. The molecule has 0 saturated carbocycles. The monoisotopic (exact) mass is 362 g/mol. The lowest BCUT2D eigenvalue weighted by molar-refractivity contribution is 0.161. The number of aliphatic hydroxyl groups is 1. The molecule has 120 valence electrons. The Balaban J connectivity index is 2.01. The molecule has 0 saturated heterocycles. The first kappa shape index (κ1) is 17.3. The summed E-state index contributed by atoms with van der Waals surface area (Å²) < 4.78 is 28.6. The average Bonchev–Trinajstić information content (AvgIpc) is 2.87. The van der Waals surface area contributed by atoms with Crippen molar-refractivity contribution in [3.63, 3.8) is 0 Å². The largest absolute Gasteiger partial charge is 0.387 e. The Kier molecular flexibility index (Phi) is 5.52. The van der Waals surface area contributed by atoms with Crippen molar-refractivity contribution < 1.29 is 13.5 Å². The molecular weight excluding hydrogens is 347 g/mol. The third-order valence-corrected chi connectivity index (χ3v) is 5.40. The lowest BCUT2D eigenvalue weighted by Crippen LogP contribution is -2.26. The summed E-state index contributed by atoms with van der Waals surface area (Å²) in [5, 5.41) is 10.4. The van der Waals surface area contributed by atoms with Crippen molar-refractivity contribution in [1.29, 1.82) is 0 Å². The Morgan fingerprint density at radius 3 is 2.68 bits per heavy atom. The van der Waals surface area contributed by atoms with Gasteiger partial charge in [0.25, 0.3) is 0 Å². The van der Waals surface area contributed by atoms with Gasteiger partial charge in [0.05, 0.1) is 11.1 Å². The van der Waals surface area contributed by atoms with Crippen molar-refractivity contribution in [2.24, 2.45) is 7.05 Å². The first-order chi connectivity index (χ1) is 10.3. The van der Waals surface area contributed by atoms with Gasteiger partial charge in [0.15, 0.2) is 0 Å². The molecule has 22 heavy (non-hydrogen) atoms. The first-order valence-electron chi connectivity index (χ1n) is 6.55. The van der Waals surface area contributed by atoms with E-state index in [1.807, 2.05) is 19.3 Å². The highest BCUT2D eigenvalue weighted by atomic mass is 35.5. The molecule has 0 aliphatic carbocycles. The van der Waals surface area contributed by atoms with Crippen LogP contribution in [0.25, 0.3) is 0 Å². The minimum atomic E-state index is -3.77. The molecule has 1 heterocycles. The van der Waals surface area contributed by atoms with Gasteiger partial charge in [-0.1, -0.05) is 23.2 Å². The van der Waals surface area contributed by atoms with Crippen molar-refractivity contribution >= 4 is 33.2 Å². The van der Waals surface area contributed by atoms with Crippen LogP contribution < -0.4 is 4.72 Å². The van der Waals surface area contributed by atoms with Crippen LogP contribution in [0, 0.1) is 0 Å². The molecule has 2 N–H and O–H groups in total. The van der Waals surface area contributed by atoms with E-state index in [9.17, 15) is 13.5 Å². The summed E-state index contributed by atoms with van der Waals surface area (Å²) in [4.78, 5) is -0.0741. The molecule has 0 aliphatic heterocycles. The second-order valence-corrected chi connectivity index (χ2v) is 7.40. The van der Waals surface area contributed by atoms with Crippen LogP contribution in [-0.2, 0) is 17.1 Å². The number of aromatic nitrogens is 1. The maximum Gasteiger partial charge on any atom is 0.242 e. The molecule has 8 heteroatoms. The predicted molar refractivity (Wildman–Crippen MR) is 86.6 cm³/mol. The van der Waals surface area contributed by atoms with Crippen molar-refractivity contribution in [3.05, 3.63) is 52.3 Å². The Morgan fingerprint density at radius 2 is 2.05 bits per heavy atom. The topological polar surface area (TPSA) is 71.3 Å². The summed E-state index contributed by atoms with van der Waals surface area (Å²) in [5.41, 5.74) is 0.722. The van der Waals surface area contributed by atoms with Crippen molar-refractivity contribution in [2.75, 3.05) is 6.54 Å². The third kappa shape index (κ3) is 4.02. The van der Waals surface area contributed by atoms with E-state index < -0.39 is 16.1 Å². The van der Waals surface area contributed by atoms with E-state index >= 15 is 0 Å². The molecular formula is C14H16Cl2N2O3S. The van der Waals surface area contributed by atoms with Gasteiger partial charge in [-0.2, -0.15) is 0 Å². The molecule has 2 aromatic rings. The molecule has 2 rings (SSSR count). The standard InChI is InChI=1S/C14H16Cl2N2O3S/c1-18-8-2-3-12(18)13(19)6-7-17-22(20,21)14-9-10(15)4-5-11(14)16/h2-5,8-9,13,17,19H,6-7H2,1H3. The summed E-state index contributed by atoms with van der Waals surface area (Å²) in [6, 6.07) is 7.83. The van der Waals surface area contributed by atoms with Crippen LogP contribution in [0.5, 0.6) is 0 Å². The smallest absolute Gasteiger partial charge is 0.242 e. The molecule has 0 spiro atoms. The van der Waals surface area contributed by atoms with E-state index in [-0.39, 0.29) is 27.9 Å². The Hall–Kier alpha value is -1.05. The van der Waals surface area contributed by atoms with E-state index in [1.54, 1.807) is 10.6 Å². The van der Waals surface area contributed by atoms with Gasteiger partial charge in [-0.05, 0) is 36.8 Å². The van der Waals surface area contributed by atoms with Crippen LogP contribution in [0.1, 0.15) is 18.2 Å².